The van der Waals surface area contributed by atoms with E-state index in [1.165, 1.54) is 0 Å². The summed E-state index contributed by atoms with van der Waals surface area (Å²) in [6.45, 7) is -0.603. The number of aliphatic hydroxyl groups is 2. The molecule has 0 aliphatic carbocycles. The quantitative estimate of drug-likeness (QED) is 0.260. The average molecular weight is 449 g/mol. The average Bonchev–Trinajstić information content (AvgIpc) is 3.27. The number of aliphatic hydroxyl groups excluding tert-OH is 2. The molecule has 1 aliphatic heterocycles. The second-order valence-corrected chi connectivity index (χ2v) is 6.50. The topological polar surface area (TPSA) is 149 Å². The number of nitrogens with two attached hydrogens (primary N) is 1. The van der Waals surface area contributed by atoms with E-state index in [9.17, 15) is 37.0 Å². The van der Waals surface area contributed by atoms with Crippen molar-refractivity contribution in [2.75, 3.05) is 12.3 Å². The molecule has 5 N–H and O–H groups in total. The van der Waals surface area contributed by atoms with Gasteiger partial charge in [-0.3, -0.25) is 14.3 Å². The van der Waals surface area contributed by atoms with Gasteiger partial charge in [-0.15, -0.1) is 0 Å². The smallest absolute Gasteiger partial charge is 0.306 e. The lowest BCUT2D eigenvalue weighted by molar-refractivity contribution is -0.0448. The molecule has 0 spiro atoms. The van der Waals surface area contributed by atoms with Crippen LogP contribution in [0.1, 0.15) is 12.6 Å². The van der Waals surface area contributed by atoms with E-state index < -0.39 is 82.9 Å². The summed E-state index contributed by atoms with van der Waals surface area (Å²) in [5, 5.41) is 19.2. The van der Waals surface area contributed by atoms with Crippen molar-refractivity contribution in [3.05, 3.63) is 39.4 Å². The molecule has 2 aromatic heterocycles. The first kappa shape index (κ1) is 21.0. The Balaban J connectivity index is 1.92. The van der Waals surface area contributed by atoms with Crippen molar-refractivity contribution in [1.29, 1.82) is 0 Å². The van der Waals surface area contributed by atoms with E-state index in [0.29, 0.717) is 0 Å². The highest BCUT2D eigenvalue weighted by Crippen LogP contribution is 2.38. The maximum absolute atomic E-state index is 14.1. The number of aromatic amines is 1. The molecule has 1 aliphatic rings. The molecule has 1 fully saturated rings. The van der Waals surface area contributed by atoms with Crippen LogP contribution in [-0.2, 0) is 4.74 Å². The first-order valence-corrected chi connectivity index (χ1v) is 8.55. The van der Waals surface area contributed by atoms with Gasteiger partial charge in [0.15, 0.2) is 11.2 Å². The second-order valence-electron chi connectivity index (χ2n) is 6.50. The number of fused-ring (bicyclic) bond motifs is 1. The van der Waals surface area contributed by atoms with Crippen molar-refractivity contribution < 1.29 is 41.6 Å². The molecular formula is C16H12F5N5O5. The highest BCUT2D eigenvalue weighted by atomic mass is 19.2. The van der Waals surface area contributed by atoms with Crippen LogP contribution in [-0.4, -0.2) is 48.5 Å². The molecule has 0 unspecified atom stereocenters. The summed E-state index contributed by atoms with van der Waals surface area (Å²) >= 11 is 0. The Hall–Kier alpha value is -3.30. The van der Waals surface area contributed by atoms with Gasteiger partial charge in [0.25, 0.3) is 5.56 Å². The minimum atomic E-state index is -2.39. The fourth-order valence-corrected chi connectivity index (χ4v) is 3.12. The number of hydrogen-bond acceptors (Lipinski definition) is 8. The van der Waals surface area contributed by atoms with Gasteiger partial charge in [0.1, 0.15) is 12.3 Å². The number of benzene rings is 1. The van der Waals surface area contributed by atoms with Crippen molar-refractivity contribution in [3.63, 3.8) is 0 Å². The summed E-state index contributed by atoms with van der Waals surface area (Å²) in [5.74, 6) is -13.5. The maximum Gasteiger partial charge on any atom is 0.306 e. The van der Waals surface area contributed by atoms with E-state index in [2.05, 4.69) is 15.0 Å². The van der Waals surface area contributed by atoms with Crippen LogP contribution in [0.3, 0.4) is 0 Å². The van der Waals surface area contributed by atoms with Gasteiger partial charge in [-0.05, 0) is 0 Å². The van der Waals surface area contributed by atoms with Crippen LogP contribution < -0.4 is 16.0 Å². The first-order chi connectivity index (χ1) is 14.6. The van der Waals surface area contributed by atoms with Gasteiger partial charge in [-0.1, -0.05) is 0 Å². The lowest BCUT2D eigenvalue weighted by Gasteiger charge is -2.17. The van der Waals surface area contributed by atoms with Crippen molar-refractivity contribution in [2.24, 2.45) is 0 Å². The molecule has 3 atom stereocenters. The predicted octanol–water partition coefficient (Wildman–Crippen LogP) is 0.830. The lowest BCUT2D eigenvalue weighted by atomic mass is 10.2. The predicted molar refractivity (Wildman–Crippen MR) is 90.5 cm³/mol. The van der Waals surface area contributed by atoms with Gasteiger partial charge in [-0.25, -0.2) is 13.2 Å². The van der Waals surface area contributed by atoms with Crippen LogP contribution in [0.25, 0.3) is 11.2 Å². The Labute approximate surface area is 167 Å². The van der Waals surface area contributed by atoms with Crippen molar-refractivity contribution in [3.8, 4) is 11.8 Å². The Morgan fingerprint density at radius 2 is 1.74 bits per heavy atom. The number of nitrogens with zero attached hydrogens (tertiary/aromatic N) is 3. The van der Waals surface area contributed by atoms with Gasteiger partial charge >= 0.3 is 6.01 Å². The fraction of sp³-hybridized carbons (Fsp3) is 0.312. The molecule has 1 saturated heterocycles. The Morgan fingerprint density at radius 3 is 2.32 bits per heavy atom. The van der Waals surface area contributed by atoms with E-state index in [0.717, 1.165) is 4.57 Å². The summed E-state index contributed by atoms with van der Waals surface area (Å²) in [6, 6.07) is -0.836. The highest BCUT2D eigenvalue weighted by Gasteiger charge is 2.38. The molecule has 4 rings (SSSR count). The molecular weight excluding hydrogens is 437 g/mol. The van der Waals surface area contributed by atoms with Crippen LogP contribution in [0.15, 0.2) is 4.79 Å². The SMILES string of the molecule is Nc1nc2c(nc(Oc3c(F)c(F)c(F)c(F)c3F)n2[C@H]2C[C@H](O)[C@@H](CO)O2)c(=O)[nH]1. The molecule has 0 saturated carbocycles. The van der Waals surface area contributed by atoms with Gasteiger partial charge in [0.2, 0.25) is 40.8 Å². The van der Waals surface area contributed by atoms with E-state index in [1.807, 2.05) is 0 Å². The third-order valence-electron chi connectivity index (χ3n) is 4.57. The Bertz CT molecular complexity index is 1220. The number of imidazole rings is 1. The molecule has 31 heavy (non-hydrogen) atoms. The monoisotopic (exact) mass is 449 g/mol. The molecule has 0 amide bonds. The van der Waals surface area contributed by atoms with Gasteiger partial charge in [-0.2, -0.15) is 18.7 Å². The second kappa shape index (κ2) is 7.44. The zero-order valence-electron chi connectivity index (χ0n) is 15.1. The number of rotatable bonds is 4. The van der Waals surface area contributed by atoms with Crippen molar-refractivity contribution in [1.82, 2.24) is 19.5 Å². The molecule has 10 nitrogen and oxygen atoms in total. The van der Waals surface area contributed by atoms with E-state index in [1.54, 1.807) is 0 Å². The number of aromatic nitrogens is 4. The lowest BCUT2D eigenvalue weighted by Crippen LogP contribution is -2.24. The fourth-order valence-electron chi connectivity index (χ4n) is 3.12. The number of ether oxygens (including phenoxy) is 2. The van der Waals surface area contributed by atoms with E-state index in [4.69, 9.17) is 15.2 Å². The molecule has 1 aromatic carbocycles. The first-order valence-electron chi connectivity index (χ1n) is 8.55. The summed E-state index contributed by atoms with van der Waals surface area (Å²) in [7, 11) is 0. The van der Waals surface area contributed by atoms with Gasteiger partial charge in [0.05, 0.1) is 12.7 Å². The number of hydrogen-bond donors (Lipinski definition) is 4. The molecule has 3 aromatic rings. The maximum atomic E-state index is 14.1. The number of nitrogens with one attached hydrogen (secondary N) is 1. The number of anilines is 1. The zero-order valence-corrected chi connectivity index (χ0v) is 15.1. The highest BCUT2D eigenvalue weighted by molar-refractivity contribution is 5.72. The van der Waals surface area contributed by atoms with E-state index in [-0.39, 0.29) is 12.1 Å². The molecule has 0 radical (unpaired) electrons. The van der Waals surface area contributed by atoms with Crippen LogP contribution in [0.2, 0.25) is 0 Å². The van der Waals surface area contributed by atoms with Crippen LogP contribution in [0.5, 0.6) is 11.8 Å². The van der Waals surface area contributed by atoms with Crippen LogP contribution in [0.4, 0.5) is 27.9 Å². The minimum absolute atomic E-state index is 0.224. The third-order valence-corrected chi connectivity index (χ3v) is 4.57. The normalized spacial score (nSPS) is 21.2. The van der Waals surface area contributed by atoms with Crippen molar-refractivity contribution in [2.45, 2.75) is 24.9 Å². The van der Waals surface area contributed by atoms with Gasteiger partial charge < -0.3 is 25.4 Å². The molecule has 3 heterocycles. The number of nitrogen functional groups attached to an aromatic ring is 1. The van der Waals surface area contributed by atoms with Crippen LogP contribution >= 0.6 is 0 Å². The summed E-state index contributed by atoms with van der Waals surface area (Å²) < 4.78 is 79.7. The third kappa shape index (κ3) is 3.26. The number of halogens is 5. The Morgan fingerprint density at radius 1 is 1.13 bits per heavy atom. The standard InChI is InChI=1S/C16H12F5N5O5/c17-6-7(18)9(20)12(10(21)8(6)19)31-16-23-11-13(24-15(22)25-14(11)29)26(16)5-1-3(28)4(2-27)30-5/h3-5,27-28H,1-2H2,(H3,22,24,25,29)/t3-,4+,5+/m0/s1. The molecule has 15 heteroatoms. The zero-order chi connectivity index (χ0) is 22.6. The van der Waals surface area contributed by atoms with Gasteiger partial charge in [0, 0.05) is 6.42 Å². The number of H-pyrrole nitrogens is 1. The minimum Gasteiger partial charge on any atom is -0.419 e. The largest absolute Gasteiger partial charge is 0.419 e. The summed E-state index contributed by atoms with van der Waals surface area (Å²) in [5.41, 5.74) is 3.81. The van der Waals surface area contributed by atoms with Crippen LogP contribution in [0, 0.1) is 29.1 Å². The van der Waals surface area contributed by atoms with E-state index >= 15 is 0 Å². The molecule has 0 bridgehead atoms. The molecule has 166 valence electrons. The Kier molecular flexibility index (Phi) is 5.03. The van der Waals surface area contributed by atoms with Crippen molar-refractivity contribution >= 4 is 17.1 Å². The summed E-state index contributed by atoms with van der Waals surface area (Å²) in [6.07, 6.45) is -3.75. The summed E-state index contributed by atoms with van der Waals surface area (Å²) in [4.78, 5) is 21.8.